The van der Waals surface area contributed by atoms with Crippen molar-refractivity contribution in [1.29, 1.82) is 0 Å². The third-order valence-corrected chi connectivity index (χ3v) is 4.17. The molecule has 0 radical (unpaired) electrons. The Morgan fingerprint density at radius 2 is 1.67 bits per heavy atom. The fourth-order valence-corrected chi connectivity index (χ4v) is 2.77. The van der Waals surface area contributed by atoms with Crippen LogP contribution < -0.4 is 10.2 Å². The van der Waals surface area contributed by atoms with Crippen molar-refractivity contribution in [3.63, 3.8) is 0 Å². The summed E-state index contributed by atoms with van der Waals surface area (Å²) in [6, 6.07) is 15.0. The first-order valence-corrected chi connectivity index (χ1v) is 7.92. The maximum Gasteiger partial charge on any atom is 0.270 e. The molecule has 0 atom stereocenters. The lowest BCUT2D eigenvalue weighted by Gasteiger charge is -2.29. The van der Waals surface area contributed by atoms with Crippen molar-refractivity contribution in [3.05, 3.63) is 70.8 Å². The highest BCUT2D eigenvalue weighted by Crippen LogP contribution is 2.23. The van der Waals surface area contributed by atoms with Gasteiger partial charge in [-0.3, -0.25) is 19.8 Å². The van der Waals surface area contributed by atoms with Crippen molar-refractivity contribution < 1.29 is 9.59 Å². The van der Waals surface area contributed by atoms with Gasteiger partial charge in [0.25, 0.3) is 11.8 Å². The molecule has 2 amide bonds. The third-order valence-electron chi connectivity index (χ3n) is 3.88. The molecule has 5 heteroatoms. The van der Waals surface area contributed by atoms with E-state index in [4.69, 9.17) is 12.2 Å². The minimum Gasteiger partial charge on any atom is -0.298 e. The molecule has 0 unspecified atom stereocenters. The van der Waals surface area contributed by atoms with Gasteiger partial charge in [0, 0.05) is 0 Å². The molecular weight excluding hydrogens is 320 g/mol. The summed E-state index contributed by atoms with van der Waals surface area (Å²) in [5.41, 5.74) is 3.59. The second-order valence-corrected chi connectivity index (χ2v) is 6.04. The van der Waals surface area contributed by atoms with Crippen LogP contribution in [0.15, 0.2) is 54.1 Å². The first-order chi connectivity index (χ1) is 11.5. The van der Waals surface area contributed by atoms with Crippen molar-refractivity contribution in [2.45, 2.75) is 13.8 Å². The fourth-order valence-electron chi connectivity index (χ4n) is 2.49. The van der Waals surface area contributed by atoms with Crippen LogP contribution in [-0.2, 0) is 9.59 Å². The zero-order chi connectivity index (χ0) is 17.3. The van der Waals surface area contributed by atoms with E-state index in [0.717, 1.165) is 16.7 Å². The maximum atomic E-state index is 12.9. The molecule has 1 aliphatic heterocycles. The number of carbonyl (C=O) groups is 2. The fraction of sp³-hybridized carbons (Fsp3) is 0.105. The summed E-state index contributed by atoms with van der Waals surface area (Å²) in [5.74, 6) is -0.896. The van der Waals surface area contributed by atoms with Crippen molar-refractivity contribution in [2.75, 3.05) is 4.90 Å². The molecule has 1 heterocycles. The molecule has 0 aliphatic carbocycles. The van der Waals surface area contributed by atoms with Crippen LogP contribution in [0, 0.1) is 13.8 Å². The molecular formula is C19H16N2O2S. The number of hydrogen-bond donors (Lipinski definition) is 1. The van der Waals surface area contributed by atoms with Gasteiger partial charge in [0.1, 0.15) is 5.57 Å². The van der Waals surface area contributed by atoms with Gasteiger partial charge in [-0.2, -0.15) is 0 Å². The van der Waals surface area contributed by atoms with Gasteiger partial charge >= 0.3 is 0 Å². The van der Waals surface area contributed by atoms with E-state index in [1.165, 1.54) is 4.90 Å². The van der Waals surface area contributed by atoms with E-state index in [2.05, 4.69) is 5.32 Å². The average Bonchev–Trinajstić information content (AvgIpc) is 2.54. The Kier molecular flexibility index (Phi) is 4.27. The van der Waals surface area contributed by atoms with Crippen LogP contribution in [0.1, 0.15) is 16.7 Å². The molecule has 1 saturated heterocycles. The minimum atomic E-state index is -0.475. The summed E-state index contributed by atoms with van der Waals surface area (Å²) >= 11 is 5.19. The summed E-state index contributed by atoms with van der Waals surface area (Å²) in [6.07, 6.45) is 1.61. The SMILES string of the molecule is Cc1ccc(N2C(=O)/C(=C/c3ccccc3C)C(=O)NC2=S)cc1. The Hall–Kier alpha value is -2.79. The smallest absolute Gasteiger partial charge is 0.270 e. The van der Waals surface area contributed by atoms with Crippen molar-refractivity contribution >= 4 is 40.9 Å². The Morgan fingerprint density at radius 1 is 1.00 bits per heavy atom. The molecule has 1 N–H and O–H groups in total. The lowest BCUT2D eigenvalue weighted by molar-refractivity contribution is -0.122. The van der Waals surface area contributed by atoms with Gasteiger partial charge in [0.2, 0.25) is 0 Å². The van der Waals surface area contributed by atoms with Crippen molar-refractivity contribution in [3.8, 4) is 0 Å². The van der Waals surface area contributed by atoms with Crippen molar-refractivity contribution in [1.82, 2.24) is 5.32 Å². The van der Waals surface area contributed by atoms with Crippen LogP contribution in [0.2, 0.25) is 0 Å². The summed E-state index contributed by atoms with van der Waals surface area (Å²) in [7, 11) is 0. The van der Waals surface area contributed by atoms with E-state index in [1.54, 1.807) is 6.08 Å². The van der Waals surface area contributed by atoms with Crippen LogP contribution in [0.3, 0.4) is 0 Å². The second-order valence-electron chi connectivity index (χ2n) is 5.65. The number of nitrogens with zero attached hydrogens (tertiary/aromatic N) is 1. The van der Waals surface area contributed by atoms with E-state index in [-0.39, 0.29) is 10.7 Å². The summed E-state index contributed by atoms with van der Waals surface area (Å²) < 4.78 is 0. The molecule has 3 rings (SSSR count). The first kappa shape index (κ1) is 16.1. The van der Waals surface area contributed by atoms with E-state index in [1.807, 2.05) is 62.4 Å². The average molecular weight is 336 g/mol. The van der Waals surface area contributed by atoms with Crippen molar-refractivity contribution in [2.24, 2.45) is 0 Å². The Morgan fingerprint density at radius 3 is 2.33 bits per heavy atom. The number of benzene rings is 2. The zero-order valence-electron chi connectivity index (χ0n) is 13.4. The molecule has 0 saturated carbocycles. The van der Waals surface area contributed by atoms with E-state index >= 15 is 0 Å². The highest BCUT2D eigenvalue weighted by molar-refractivity contribution is 7.80. The molecule has 1 aliphatic rings. The van der Waals surface area contributed by atoms with E-state index in [0.29, 0.717) is 5.69 Å². The van der Waals surface area contributed by atoms with Gasteiger partial charge in [-0.05, 0) is 55.4 Å². The molecule has 1 fully saturated rings. The lowest BCUT2D eigenvalue weighted by Crippen LogP contribution is -2.54. The topological polar surface area (TPSA) is 49.4 Å². The molecule has 24 heavy (non-hydrogen) atoms. The van der Waals surface area contributed by atoms with Gasteiger partial charge in [-0.15, -0.1) is 0 Å². The Labute approximate surface area is 145 Å². The van der Waals surface area contributed by atoms with Gasteiger partial charge in [0.05, 0.1) is 5.69 Å². The lowest BCUT2D eigenvalue weighted by atomic mass is 10.0. The predicted octanol–water partition coefficient (Wildman–Crippen LogP) is 3.13. The maximum absolute atomic E-state index is 12.9. The second kappa shape index (κ2) is 6.37. The number of anilines is 1. The molecule has 2 aromatic rings. The number of rotatable bonds is 2. The van der Waals surface area contributed by atoms with Crippen LogP contribution >= 0.6 is 12.2 Å². The Balaban J connectivity index is 2.03. The van der Waals surface area contributed by atoms with Gasteiger partial charge in [-0.1, -0.05) is 42.0 Å². The zero-order valence-corrected chi connectivity index (χ0v) is 14.2. The van der Waals surface area contributed by atoms with Gasteiger partial charge in [-0.25, -0.2) is 0 Å². The Bertz CT molecular complexity index is 869. The predicted molar refractivity (Wildman–Crippen MR) is 98.6 cm³/mol. The number of nitrogens with one attached hydrogen (secondary N) is 1. The monoisotopic (exact) mass is 336 g/mol. The molecule has 0 bridgehead atoms. The van der Waals surface area contributed by atoms with Crippen LogP contribution in [0.5, 0.6) is 0 Å². The summed E-state index contributed by atoms with van der Waals surface area (Å²) in [6.45, 7) is 3.89. The molecule has 120 valence electrons. The molecule has 0 aromatic heterocycles. The van der Waals surface area contributed by atoms with Gasteiger partial charge in [0.15, 0.2) is 5.11 Å². The molecule has 4 nitrogen and oxygen atoms in total. The molecule has 2 aromatic carbocycles. The minimum absolute atomic E-state index is 0.0680. The standard InChI is InChI=1S/C19H16N2O2S/c1-12-7-9-15(10-8-12)21-18(23)16(17(22)20-19(21)24)11-14-6-4-3-5-13(14)2/h3-11H,1-2H3,(H,20,22,24)/b16-11+. The number of aryl methyl sites for hydroxylation is 2. The number of hydrogen-bond acceptors (Lipinski definition) is 3. The highest BCUT2D eigenvalue weighted by Gasteiger charge is 2.34. The van der Waals surface area contributed by atoms with Crippen LogP contribution in [0.25, 0.3) is 6.08 Å². The van der Waals surface area contributed by atoms with E-state index in [9.17, 15) is 9.59 Å². The summed E-state index contributed by atoms with van der Waals surface area (Å²) in [5, 5.41) is 2.69. The first-order valence-electron chi connectivity index (χ1n) is 7.51. The normalized spacial score (nSPS) is 16.5. The molecule has 0 spiro atoms. The number of amides is 2. The van der Waals surface area contributed by atoms with Crippen LogP contribution in [-0.4, -0.2) is 16.9 Å². The number of carbonyl (C=O) groups excluding carboxylic acids is 2. The van der Waals surface area contributed by atoms with Gasteiger partial charge < -0.3 is 0 Å². The highest BCUT2D eigenvalue weighted by atomic mass is 32.1. The van der Waals surface area contributed by atoms with Crippen LogP contribution in [0.4, 0.5) is 5.69 Å². The van der Waals surface area contributed by atoms with E-state index < -0.39 is 11.8 Å². The number of thiocarbonyl (C=S) groups is 1. The largest absolute Gasteiger partial charge is 0.298 e. The summed E-state index contributed by atoms with van der Waals surface area (Å²) in [4.78, 5) is 26.5. The quantitative estimate of drug-likeness (QED) is 0.521. The third kappa shape index (κ3) is 2.98.